The van der Waals surface area contributed by atoms with E-state index in [0.29, 0.717) is 0 Å². The Morgan fingerprint density at radius 2 is 2.00 bits per heavy atom. The van der Waals surface area contributed by atoms with Crippen LogP contribution in [0.2, 0.25) is 0 Å². The van der Waals surface area contributed by atoms with Crippen LogP contribution in [-0.2, 0) is 4.79 Å². The predicted molar refractivity (Wildman–Crippen MR) is 54.5 cm³/mol. The highest BCUT2D eigenvalue weighted by Crippen LogP contribution is 2.06. The second-order valence-electron chi connectivity index (χ2n) is 2.45. The van der Waals surface area contributed by atoms with Gasteiger partial charge in [0.1, 0.15) is 5.76 Å². The molecule has 0 aromatic heterocycles. The van der Waals surface area contributed by atoms with Gasteiger partial charge in [-0.3, -0.25) is 4.79 Å². The molecule has 0 aliphatic heterocycles. The van der Waals surface area contributed by atoms with Crippen LogP contribution in [-0.4, -0.2) is 10.9 Å². The minimum absolute atomic E-state index is 0.0203. The zero-order valence-corrected chi connectivity index (χ0v) is 7.95. The zero-order chi connectivity index (χ0) is 10.3. The van der Waals surface area contributed by atoms with E-state index in [1.165, 1.54) is 19.1 Å². The largest absolute Gasteiger partial charge is 0.507 e. The number of hydrogen-bond acceptors (Lipinski definition) is 2. The first-order valence-electron chi connectivity index (χ1n) is 3.99. The fourth-order valence-electron chi connectivity index (χ4n) is 0.795. The van der Waals surface area contributed by atoms with Gasteiger partial charge in [0.2, 0.25) is 0 Å². The highest BCUT2D eigenvalue weighted by atomic mass is 16.3. The minimum atomic E-state index is -0.172. The Morgan fingerprint density at radius 1 is 1.38 bits per heavy atom. The van der Waals surface area contributed by atoms with Gasteiger partial charge in [-0.05, 0) is 26.0 Å². The summed E-state index contributed by atoms with van der Waals surface area (Å²) in [7, 11) is 0. The van der Waals surface area contributed by atoms with Crippen molar-refractivity contribution in [1.29, 1.82) is 0 Å². The van der Waals surface area contributed by atoms with E-state index in [0.717, 1.165) is 0 Å². The molecule has 0 spiro atoms. The van der Waals surface area contributed by atoms with Crippen molar-refractivity contribution in [2.45, 2.75) is 13.8 Å². The van der Waals surface area contributed by atoms with Gasteiger partial charge in [-0.15, -0.1) is 0 Å². The number of carbonyl (C=O) groups excluding carboxylic acids is 1. The van der Waals surface area contributed by atoms with Crippen molar-refractivity contribution in [1.82, 2.24) is 0 Å². The lowest BCUT2D eigenvalue weighted by molar-refractivity contribution is -0.113. The Balaban J connectivity index is 4.98. The topological polar surface area (TPSA) is 37.3 Å². The highest BCUT2D eigenvalue weighted by Gasteiger charge is 2.03. The minimum Gasteiger partial charge on any atom is -0.507 e. The molecular weight excluding hydrogens is 164 g/mol. The number of allylic oxidation sites excluding steroid dienone is 6. The lowest BCUT2D eigenvalue weighted by atomic mass is 10.1. The third-order valence-corrected chi connectivity index (χ3v) is 1.38. The van der Waals surface area contributed by atoms with E-state index in [9.17, 15) is 9.90 Å². The van der Waals surface area contributed by atoms with E-state index < -0.39 is 0 Å². The van der Waals surface area contributed by atoms with Gasteiger partial charge in [-0.25, -0.2) is 0 Å². The maximum absolute atomic E-state index is 11.0. The van der Waals surface area contributed by atoms with Gasteiger partial charge in [0.05, 0.1) is 5.57 Å². The van der Waals surface area contributed by atoms with Gasteiger partial charge in [-0.1, -0.05) is 24.8 Å². The van der Waals surface area contributed by atoms with E-state index in [4.69, 9.17) is 0 Å². The van der Waals surface area contributed by atoms with Gasteiger partial charge in [0.15, 0.2) is 5.78 Å². The Bertz CT molecular complexity index is 280. The van der Waals surface area contributed by atoms with E-state index in [2.05, 4.69) is 6.58 Å². The summed E-state index contributed by atoms with van der Waals surface area (Å²) in [6.45, 7) is 6.65. The Labute approximate surface area is 78.6 Å². The molecule has 2 heteroatoms. The molecule has 0 unspecified atom stereocenters. The summed E-state index contributed by atoms with van der Waals surface area (Å²) in [5.41, 5.74) is 0.290. The summed E-state index contributed by atoms with van der Waals surface area (Å²) in [6.07, 6.45) is 7.83. The van der Waals surface area contributed by atoms with Crippen molar-refractivity contribution in [2.75, 3.05) is 0 Å². The van der Waals surface area contributed by atoms with Crippen LogP contribution in [0.4, 0.5) is 0 Å². The van der Waals surface area contributed by atoms with Crippen molar-refractivity contribution < 1.29 is 9.90 Å². The molecule has 0 aromatic carbocycles. The molecule has 0 atom stereocenters. The average molecular weight is 178 g/mol. The van der Waals surface area contributed by atoms with Crippen LogP contribution in [0.5, 0.6) is 0 Å². The monoisotopic (exact) mass is 178 g/mol. The number of hydrogen-bond donors (Lipinski definition) is 1. The van der Waals surface area contributed by atoms with Crippen molar-refractivity contribution >= 4 is 5.78 Å². The summed E-state index contributed by atoms with van der Waals surface area (Å²) in [4.78, 5) is 11.0. The van der Waals surface area contributed by atoms with E-state index >= 15 is 0 Å². The number of aliphatic hydroxyl groups is 1. The van der Waals surface area contributed by atoms with E-state index in [1.807, 2.05) is 0 Å². The molecule has 13 heavy (non-hydrogen) atoms. The lowest BCUT2D eigenvalue weighted by Gasteiger charge is -1.97. The third-order valence-electron chi connectivity index (χ3n) is 1.38. The first-order chi connectivity index (χ1) is 6.13. The maximum atomic E-state index is 11.0. The van der Waals surface area contributed by atoms with E-state index in [-0.39, 0.29) is 17.1 Å². The molecule has 2 nitrogen and oxygen atoms in total. The molecule has 0 saturated carbocycles. The molecule has 0 saturated heterocycles. The van der Waals surface area contributed by atoms with Crippen LogP contribution < -0.4 is 0 Å². The predicted octanol–water partition coefficient (Wildman–Crippen LogP) is 2.71. The van der Waals surface area contributed by atoms with Crippen LogP contribution in [0, 0.1) is 0 Å². The smallest absolute Gasteiger partial charge is 0.163 e. The first-order valence-corrected chi connectivity index (χ1v) is 3.99. The molecule has 0 amide bonds. The standard InChI is InChI=1S/C11H14O2/c1-4-6-8-10(9(3)12)11(13)7-5-2/h4-8,13H,1H2,2-3H3/b7-5-,8-6-,11-10-. The summed E-state index contributed by atoms with van der Waals surface area (Å²) < 4.78 is 0. The van der Waals surface area contributed by atoms with Crippen LogP contribution in [0.15, 0.2) is 48.3 Å². The summed E-state index contributed by atoms with van der Waals surface area (Å²) in [5.74, 6) is -0.193. The molecule has 0 heterocycles. The fraction of sp³-hybridized carbons (Fsp3) is 0.182. The van der Waals surface area contributed by atoms with Crippen LogP contribution in [0.1, 0.15) is 13.8 Å². The number of carbonyl (C=O) groups is 1. The van der Waals surface area contributed by atoms with Crippen molar-refractivity contribution in [3.8, 4) is 0 Å². The van der Waals surface area contributed by atoms with Crippen LogP contribution in [0.25, 0.3) is 0 Å². The van der Waals surface area contributed by atoms with Crippen LogP contribution in [0.3, 0.4) is 0 Å². The number of rotatable bonds is 4. The van der Waals surface area contributed by atoms with Gasteiger partial charge in [0.25, 0.3) is 0 Å². The normalized spacial score (nSPS) is 13.4. The van der Waals surface area contributed by atoms with Crippen molar-refractivity contribution in [3.63, 3.8) is 0 Å². The highest BCUT2D eigenvalue weighted by molar-refractivity contribution is 5.96. The van der Waals surface area contributed by atoms with Gasteiger partial charge in [-0.2, -0.15) is 0 Å². The summed E-state index contributed by atoms with van der Waals surface area (Å²) in [6, 6.07) is 0. The second-order valence-corrected chi connectivity index (χ2v) is 2.45. The summed E-state index contributed by atoms with van der Waals surface area (Å²) >= 11 is 0. The molecular formula is C11H14O2. The number of aliphatic hydroxyl groups excluding tert-OH is 1. The molecule has 0 aliphatic rings. The van der Waals surface area contributed by atoms with E-state index in [1.54, 1.807) is 25.2 Å². The molecule has 0 rings (SSSR count). The van der Waals surface area contributed by atoms with Gasteiger partial charge in [0, 0.05) is 0 Å². The molecule has 0 aliphatic carbocycles. The zero-order valence-electron chi connectivity index (χ0n) is 7.95. The third kappa shape index (κ3) is 4.11. The lowest BCUT2D eigenvalue weighted by Crippen LogP contribution is -1.97. The van der Waals surface area contributed by atoms with Crippen LogP contribution >= 0.6 is 0 Å². The Kier molecular flexibility index (Phi) is 5.28. The fourth-order valence-corrected chi connectivity index (χ4v) is 0.795. The second kappa shape index (κ2) is 6.00. The Hall–Kier alpha value is -1.57. The molecule has 0 bridgehead atoms. The van der Waals surface area contributed by atoms with Crippen molar-refractivity contribution in [3.05, 3.63) is 48.3 Å². The number of ketones is 1. The molecule has 0 aromatic rings. The summed E-state index contributed by atoms with van der Waals surface area (Å²) in [5, 5.41) is 9.39. The molecule has 70 valence electrons. The SMILES string of the molecule is C=C\C=C/C(C(C)=O)=C(O)\C=C/C. The molecule has 0 fully saturated rings. The van der Waals surface area contributed by atoms with Crippen molar-refractivity contribution in [2.24, 2.45) is 0 Å². The Morgan fingerprint density at radius 3 is 2.38 bits per heavy atom. The average Bonchev–Trinajstić information content (AvgIpc) is 2.05. The maximum Gasteiger partial charge on any atom is 0.163 e. The first kappa shape index (κ1) is 11.4. The quantitative estimate of drug-likeness (QED) is 0.408. The number of Topliss-reactive ketones (excluding diaryl/α,β-unsaturated/α-hetero) is 1. The molecule has 0 radical (unpaired) electrons. The van der Waals surface area contributed by atoms with Gasteiger partial charge >= 0.3 is 0 Å². The van der Waals surface area contributed by atoms with Gasteiger partial charge < -0.3 is 5.11 Å². The molecule has 1 N–H and O–H groups in total.